The van der Waals surface area contributed by atoms with E-state index in [1.807, 2.05) is 19.9 Å². The molecule has 0 amide bonds. The average molecular weight is 641 g/mol. The number of benzene rings is 1. The van der Waals surface area contributed by atoms with Crippen LogP contribution >= 0.6 is 0 Å². The summed E-state index contributed by atoms with van der Waals surface area (Å²) in [4.78, 5) is 40.0. The van der Waals surface area contributed by atoms with E-state index in [4.69, 9.17) is 18.9 Å². The molecule has 45 heavy (non-hydrogen) atoms. The lowest BCUT2D eigenvalue weighted by molar-refractivity contribution is -0.356. The minimum Gasteiger partial charge on any atom is -0.461 e. The number of carbonyl (C=O) groups excluding carboxylic acids is 3. The van der Waals surface area contributed by atoms with E-state index in [-0.39, 0.29) is 24.0 Å². The van der Waals surface area contributed by atoms with E-state index in [1.54, 1.807) is 24.3 Å². The lowest BCUT2D eigenvalue weighted by Gasteiger charge is -2.70. The standard InChI is InChI=1S/C36H52O8Si/c1-20-17-27-35(19-41-27,44-24(5)38)29-31(43-32(39)25-15-13-12-14-16-25)36(40)18-26(45(9,10)11)21(2)28(33(36,6)7)22(3)30(34(20,29)8)42-23(4)37/h12-16,20,22,26-27,29-31,40H,17-19H2,1-11H3/t20-,22+,26-,27+,29?,30+,31?,34+,35-,36+/m0/s1. The summed E-state index contributed by atoms with van der Waals surface area (Å²) < 4.78 is 25.5. The number of fused-ring (bicyclic) bond motifs is 5. The third kappa shape index (κ3) is 4.94. The van der Waals surface area contributed by atoms with Crippen LogP contribution in [0.5, 0.6) is 0 Å². The fourth-order valence-electron chi connectivity index (χ4n) is 10.1. The summed E-state index contributed by atoms with van der Waals surface area (Å²) in [6.07, 6.45) is -1.28. The molecule has 4 aliphatic rings. The molecule has 1 aromatic carbocycles. The van der Waals surface area contributed by atoms with Crippen molar-refractivity contribution in [3.05, 3.63) is 47.0 Å². The molecule has 2 saturated carbocycles. The number of esters is 3. The van der Waals surface area contributed by atoms with Crippen molar-refractivity contribution in [2.45, 2.75) is 123 Å². The van der Waals surface area contributed by atoms with Gasteiger partial charge in [-0.15, -0.1) is 0 Å². The molecule has 248 valence electrons. The SMILES string of the molecule is CC(=O)O[C@@H]1[C@H](C)C2=C(C)[C@@H]([Si](C)(C)C)C[C@@](O)(C(OC(=O)c3ccccc3)C3[C@@]1(C)[C@@H](C)C[C@H]1OC[C@@]31OC(C)=O)C2(C)C. The van der Waals surface area contributed by atoms with Crippen LogP contribution in [0.1, 0.15) is 78.6 Å². The van der Waals surface area contributed by atoms with E-state index in [2.05, 4.69) is 47.3 Å². The Morgan fingerprint density at radius 2 is 1.58 bits per heavy atom. The van der Waals surface area contributed by atoms with Crippen molar-refractivity contribution in [2.24, 2.45) is 28.6 Å². The maximum atomic E-state index is 14.1. The first-order chi connectivity index (χ1) is 20.7. The van der Waals surface area contributed by atoms with Gasteiger partial charge in [0.05, 0.1) is 26.2 Å². The van der Waals surface area contributed by atoms with Crippen LogP contribution in [0, 0.1) is 28.6 Å². The van der Waals surface area contributed by atoms with Gasteiger partial charge in [-0.3, -0.25) is 9.59 Å². The monoisotopic (exact) mass is 640 g/mol. The van der Waals surface area contributed by atoms with E-state index in [1.165, 1.54) is 19.4 Å². The molecule has 1 aromatic rings. The Kier molecular flexibility index (Phi) is 8.31. The van der Waals surface area contributed by atoms with Gasteiger partial charge >= 0.3 is 17.9 Å². The lowest BCUT2D eigenvalue weighted by Crippen LogP contribution is -2.80. The highest BCUT2D eigenvalue weighted by Crippen LogP contribution is 2.69. The van der Waals surface area contributed by atoms with Crippen LogP contribution in [0.15, 0.2) is 41.5 Å². The maximum Gasteiger partial charge on any atom is 0.338 e. The second kappa shape index (κ2) is 11.1. The Balaban J connectivity index is 1.89. The van der Waals surface area contributed by atoms with Crippen molar-refractivity contribution < 1.29 is 38.4 Å². The highest BCUT2D eigenvalue weighted by Gasteiger charge is 2.77. The molecule has 1 heterocycles. The molecule has 10 atom stereocenters. The third-order valence-corrected chi connectivity index (χ3v) is 15.0. The van der Waals surface area contributed by atoms with Crippen LogP contribution < -0.4 is 0 Å². The zero-order valence-corrected chi connectivity index (χ0v) is 29.9. The van der Waals surface area contributed by atoms with Crippen molar-refractivity contribution in [1.29, 1.82) is 0 Å². The highest BCUT2D eigenvalue weighted by atomic mass is 28.3. The van der Waals surface area contributed by atoms with Gasteiger partial charge in [-0.1, -0.05) is 83.6 Å². The smallest absolute Gasteiger partial charge is 0.338 e. The van der Waals surface area contributed by atoms with Crippen molar-refractivity contribution >= 4 is 26.0 Å². The number of ether oxygens (including phenoxy) is 4. The number of hydrogen-bond acceptors (Lipinski definition) is 8. The lowest BCUT2D eigenvalue weighted by atomic mass is 9.42. The number of carbonyl (C=O) groups is 3. The van der Waals surface area contributed by atoms with Crippen LogP contribution in [0.4, 0.5) is 0 Å². The second-order valence-corrected chi connectivity index (χ2v) is 21.5. The molecule has 1 saturated heterocycles. The summed E-state index contributed by atoms with van der Waals surface area (Å²) in [5.41, 5.74) is -1.82. The first-order valence-corrected chi connectivity index (χ1v) is 20.0. The van der Waals surface area contributed by atoms with Crippen molar-refractivity contribution in [2.75, 3.05) is 6.61 Å². The molecular formula is C36H52O8Si. The zero-order chi connectivity index (χ0) is 33.5. The molecule has 3 fully saturated rings. The van der Waals surface area contributed by atoms with E-state index in [0.717, 1.165) is 5.57 Å². The van der Waals surface area contributed by atoms with Crippen LogP contribution in [-0.4, -0.2) is 67.2 Å². The average Bonchev–Trinajstić information content (AvgIpc) is 2.92. The fourth-order valence-corrected chi connectivity index (χ4v) is 12.5. The summed E-state index contributed by atoms with van der Waals surface area (Å²) in [7, 11) is -1.96. The molecule has 0 aromatic heterocycles. The van der Waals surface area contributed by atoms with E-state index >= 15 is 0 Å². The van der Waals surface area contributed by atoms with E-state index < -0.39 is 72.2 Å². The first-order valence-electron chi connectivity index (χ1n) is 16.4. The number of aliphatic hydroxyl groups is 1. The quantitative estimate of drug-likeness (QED) is 0.172. The van der Waals surface area contributed by atoms with Gasteiger partial charge in [0, 0.05) is 30.6 Å². The Bertz CT molecular complexity index is 1400. The van der Waals surface area contributed by atoms with E-state index in [0.29, 0.717) is 18.4 Å². The summed E-state index contributed by atoms with van der Waals surface area (Å²) in [5, 5.41) is 13.6. The van der Waals surface area contributed by atoms with Crippen molar-refractivity contribution in [3.63, 3.8) is 0 Å². The minimum absolute atomic E-state index is 0.0624. The summed E-state index contributed by atoms with van der Waals surface area (Å²) in [5.74, 6) is -2.58. The molecule has 1 N–H and O–H groups in total. The first kappa shape index (κ1) is 33.9. The Hall–Kier alpha value is -2.49. The molecular weight excluding hydrogens is 588 g/mol. The molecule has 2 unspecified atom stereocenters. The molecule has 0 radical (unpaired) electrons. The summed E-state index contributed by atoms with van der Waals surface area (Å²) >= 11 is 0. The molecule has 5 rings (SSSR count). The molecule has 3 aliphatic carbocycles. The van der Waals surface area contributed by atoms with Gasteiger partial charge in [-0.05, 0) is 43.4 Å². The van der Waals surface area contributed by atoms with Gasteiger partial charge in [0.2, 0.25) is 0 Å². The van der Waals surface area contributed by atoms with Gasteiger partial charge in [-0.2, -0.15) is 0 Å². The molecule has 8 nitrogen and oxygen atoms in total. The number of rotatable bonds is 5. The second-order valence-electron chi connectivity index (χ2n) is 16.1. The van der Waals surface area contributed by atoms with Gasteiger partial charge in [-0.25, -0.2) is 4.79 Å². The number of hydrogen-bond donors (Lipinski definition) is 1. The number of allylic oxidation sites excluding steroid dienone is 1. The topological polar surface area (TPSA) is 108 Å². The third-order valence-electron chi connectivity index (χ3n) is 12.3. The summed E-state index contributed by atoms with van der Waals surface area (Å²) in [6.45, 7) is 22.3. The Labute approximate surface area is 269 Å². The largest absolute Gasteiger partial charge is 0.461 e. The predicted octanol–water partition coefficient (Wildman–Crippen LogP) is 6.34. The van der Waals surface area contributed by atoms with Crippen molar-refractivity contribution in [1.82, 2.24) is 0 Å². The van der Waals surface area contributed by atoms with Crippen LogP contribution in [0.2, 0.25) is 25.2 Å². The minimum atomic E-state index is -1.96. The normalized spacial score (nSPS) is 40.5. The van der Waals surface area contributed by atoms with E-state index in [9.17, 15) is 19.5 Å². The highest BCUT2D eigenvalue weighted by molar-refractivity contribution is 6.78. The van der Waals surface area contributed by atoms with Crippen LogP contribution in [0.25, 0.3) is 0 Å². The van der Waals surface area contributed by atoms with Crippen LogP contribution in [0.3, 0.4) is 0 Å². The summed E-state index contributed by atoms with van der Waals surface area (Å²) in [6, 6.07) is 8.79. The maximum absolute atomic E-state index is 14.1. The molecule has 0 spiro atoms. The van der Waals surface area contributed by atoms with Gasteiger partial charge < -0.3 is 24.1 Å². The van der Waals surface area contributed by atoms with Gasteiger partial charge in [0.15, 0.2) is 5.60 Å². The Morgan fingerprint density at radius 3 is 2.09 bits per heavy atom. The predicted molar refractivity (Wildman–Crippen MR) is 173 cm³/mol. The molecule has 9 heteroatoms. The molecule has 1 aliphatic heterocycles. The Morgan fingerprint density at radius 1 is 0.956 bits per heavy atom. The fraction of sp³-hybridized carbons (Fsp3) is 0.694. The molecule has 2 bridgehead atoms. The van der Waals surface area contributed by atoms with Gasteiger partial charge in [0.1, 0.15) is 23.9 Å². The van der Waals surface area contributed by atoms with Crippen LogP contribution in [-0.2, 0) is 28.5 Å². The zero-order valence-electron chi connectivity index (χ0n) is 28.9. The van der Waals surface area contributed by atoms with Gasteiger partial charge in [0.25, 0.3) is 0 Å². The van der Waals surface area contributed by atoms with Crippen molar-refractivity contribution in [3.8, 4) is 0 Å².